The number of amides is 1. The van der Waals surface area contributed by atoms with Crippen molar-refractivity contribution in [2.24, 2.45) is 0 Å². The second-order valence-electron chi connectivity index (χ2n) is 6.42. The summed E-state index contributed by atoms with van der Waals surface area (Å²) >= 11 is 0. The highest BCUT2D eigenvalue weighted by Crippen LogP contribution is 2.24. The highest BCUT2D eigenvalue weighted by Gasteiger charge is 2.12. The van der Waals surface area contributed by atoms with E-state index >= 15 is 0 Å². The van der Waals surface area contributed by atoms with Crippen molar-refractivity contribution >= 4 is 11.6 Å². The molecule has 0 unspecified atom stereocenters. The molecule has 0 spiro atoms. The van der Waals surface area contributed by atoms with E-state index in [0.29, 0.717) is 23.6 Å². The van der Waals surface area contributed by atoms with Crippen molar-refractivity contribution in [3.63, 3.8) is 0 Å². The standard InChI is InChI=1S/C21H26N2O2/c1-2-25-20-9-5-4-8-19(20)22-21(24)18-12-10-17(11-13-18)16-23-14-6-3-7-15-23/h4-5,8-13H,2-3,6-7,14-16H2,1H3,(H,22,24). The molecule has 1 N–H and O–H groups in total. The SMILES string of the molecule is CCOc1ccccc1NC(=O)c1ccc(CN2CCCCC2)cc1. The molecule has 1 aliphatic heterocycles. The number of ether oxygens (including phenoxy) is 1. The van der Waals surface area contributed by atoms with Gasteiger partial charge in [-0.3, -0.25) is 9.69 Å². The first-order valence-corrected chi connectivity index (χ1v) is 9.10. The van der Waals surface area contributed by atoms with Crippen molar-refractivity contribution < 1.29 is 9.53 Å². The van der Waals surface area contributed by atoms with Crippen LogP contribution in [0, 0.1) is 0 Å². The molecule has 1 amide bonds. The van der Waals surface area contributed by atoms with Crippen molar-refractivity contribution in [1.29, 1.82) is 0 Å². The van der Waals surface area contributed by atoms with E-state index in [1.165, 1.54) is 37.9 Å². The summed E-state index contributed by atoms with van der Waals surface area (Å²) in [6.45, 7) is 5.82. The Bertz CT molecular complexity index is 691. The smallest absolute Gasteiger partial charge is 0.255 e. The molecule has 0 saturated carbocycles. The van der Waals surface area contributed by atoms with E-state index < -0.39 is 0 Å². The lowest BCUT2D eigenvalue weighted by molar-refractivity contribution is 0.102. The van der Waals surface area contributed by atoms with Gasteiger partial charge in [0.2, 0.25) is 0 Å². The first-order chi connectivity index (χ1) is 12.3. The zero-order chi connectivity index (χ0) is 17.5. The molecule has 1 heterocycles. The van der Waals surface area contributed by atoms with Crippen LogP contribution in [0.25, 0.3) is 0 Å². The summed E-state index contributed by atoms with van der Waals surface area (Å²) in [5, 5.41) is 2.94. The topological polar surface area (TPSA) is 41.6 Å². The molecule has 0 atom stereocenters. The van der Waals surface area contributed by atoms with Gasteiger partial charge < -0.3 is 10.1 Å². The maximum atomic E-state index is 12.5. The molecule has 0 aromatic heterocycles. The van der Waals surface area contributed by atoms with Gasteiger partial charge in [-0.1, -0.05) is 30.7 Å². The third-order valence-corrected chi connectivity index (χ3v) is 4.51. The van der Waals surface area contributed by atoms with E-state index in [1.54, 1.807) is 0 Å². The Hall–Kier alpha value is -2.33. The van der Waals surface area contributed by atoms with Gasteiger partial charge in [0.05, 0.1) is 12.3 Å². The Morgan fingerprint density at radius 1 is 1.04 bits per heavy atom. The number of benzene rings is 2. The molecule has 3 rings (SSSR count). The van der Waals surface area contributed by atoms with Crippen LogP contribution in [-0.4, -0.2) is 30.5 Å². The average Bonchev–Trinajstić information content (AvgIpc) is 2.65. The third kappa shape index (κ3) is 4.83. The number of rotatable bonds is 6. The molecule has 1 fully saturated rings. The van der Waals surface area contributed by atoms with Crippen LogP contribution in [0.1, 0.15) is 42.1 Å². The van der Waals surface area contributed by atoms with Crippen LogP contribution < -0.4 is 10.1 Å². The van der Waals surface area contributed by atoms with Gasteiger partial charge in [-0.05, 0) is 62.7 Å². The van der Waals surface area contributed by atoms with E-state index in [0.717, 1.165) is 6.54 Å². The molecular weight excluding hydrogens is 312 g/mol. The Labute approximate surface area is 149 Å². The minimum atomic E-state index is -0.114. The number of para-hydroxylation sites is 2. The number of hydrogen-bond donors (Lipinski definition) is 1. The monoisotopic (exact) mass is 338 g/mol. The number of carbonyl (C=O) groups excluding carboxylic acids is 1. The number of anilines is 1. The highest BCUT2D eigenvalue weighted by atomic mass is 16.5. The van der Waals surface area contributed by atoms with Gasteiger partial charge in [-0.2, -0.15) is 0 Å². The van der Waals surface area contributed by atoms with Gasteiger partial charge in [0.25, 0.3) is 5.91 Å². The summed E-state index contributed by atoms with van der Waals surface area (Å²) in [4.78, 5) is 15.0. The first kappa shape index (κ1) is 17.5. The predicted molar refractivity (Wildman–Crippen MR) is 101 cm³/mol. The zero-order valence-corrected chi connectivity index (χ0v) is 14.8. The molecule has 2 aromatic carbocycles. The summed E-state index contributed by atoms with van der Waals surface area (Å²) < 4.78 is 5.56. The van der Waals surface area contributed by atoms with Crippen molar-refractivity contribution in [3.05, 3.63) is 59.7 Å². The second kappa shape index (κ2) is 8.67. The summed E-state index contributed by atoms with van der Waals surface area (Å²) in [5.41, 5.74) is 2.62. The first-order valence-electron chi connectivity index (χ1n) is 9.10. The van der Waals surface area contributed by atoms with E-state index in [-0.39, 0.29) is 5.91 Å². The van der Waals surface area contributed by atoms with Gasteiger partial charge in [0, 0.05) is 12.1 Å². The third-order valence-electron chi connectivity index (χ3n) is 4.51. The molecule has 0 aliphatic carbocycles. The molecule has 132 valence electrons. The maximum absolute atomic E-state index is 12.5. The minimum Gasteiger partial charge on any atom is -0.492 e. The Kier molecular flexibility index (Phi) is 6.07. The minimum absolute atomic E-state index is 0.114. The number of nitrogens with zero attached hydrogens (tertiary/aromatic N) is 1. The van der Waals surface area contributed by atoms with Crippen LogP contribution in [0.4, 0.5) is 5.69 Å². The van der Waals surface area contributed by atoms with Crippen LogP contribution in [0.3, 0.4) is 0 Å². The fraction of sp³-hybridized carbons (Fsp3) is 0.381. The van der Waals surface area contributed by atoms with Crippen molar-refractivity contribution in [1.82, 2.24) is 4.90 Å². The van der Waals surface area contributed by atoms with Gasteiger partial charge in [-0.25, -0.2) is 0 Å². The molecule has 4 heteroatoms. The largest absolute Gasteiger partial charge is 0.492 e. The van der Waals surface area contributed by atoms with E-state index in [9.17, 15) is 4.79 Å². The van der Waals surface area contributed by atoms with Gasteiger partial charge in [-0.15, -0.1) is 0 Å². The maximum Gasteiger partial charge on any atom is 0.255 e. The quantitative estimate of drug-likeness (QED) is 0.853. The summed E-state index contributed by atoms with van der Waals surface area (Å²) in [5.74, 6) is 0.580. The molecule has 4 nitrogen and oxygen atoms in total. The Balaban J connectivity index is 1.62. The number of carbonyl (C=O) groups is 1. The molecule has 1 aliphatic rings. The van der Waals surface area contributed by atoms with Crippen LogP contribution in [0.15, 0.2) is 48.5 Å². The molecule has 1 saturated heterocycles. The molecule has 0 radical (unpaired) electrons. The number of piperidine rings is 1. The lowest BCUT2D eigenvalue weighted by Gasteiger charge is -2.26. The summed E-state index contributed by atoms with van der Waals surface area (Å²) in [6.07, 6.45) is 3.93. The molecular formula is C21H26N2O2. The normalized spacial score (nSPS) is 14.9. The highest BCUT2D eigenvalue weighted by molar-refractivity contribution is 6.05. The summed E-state index contributed by atoms with van der Waals surface area (Å²) in [6, 6.07) is 15.4. The van der Waals surface area contributed by atoms with E-state index in [1.807, 2.05) is 43.3 Å². The molecule has 2 aromatic rings. The lowest BCUT2D eigenvalue weighted by atomic mass is 10.1. The number of likely N-dealkylation sites (tertiary alicyclic amines) is 1. The summed E-state index contributed by atoms with van der Waals surface area (Å²) in [7, 11) is 0. The Morgan fingerprint density at radius 2 is 1.76 bits per heavy atom. The van der Waals surface area contributed by atoms with Crippen molar-refractivity contribution in [2.45, 2.75) is 32.7 Å². The van der Waals surface area contributed by atoms with Gasteiger partial charge in [0.15, 0.2) is 0 Å². The fourth-order valence-corrected chi connectivity index (χ4v) is 3.18. The molecule has 25 heavy (non-hydrogen) atoms. The lowest BCUT2D eigenvalue weighted by Crippen LogP contribution is -2.29. The van der Waals surface area contributed by atoms with Crippen LogP contribution >= 0.6 is 0 Å². The van der Waals surface area contributed by atoms with Crippen LogP contribution in [0.5, 0.6) is 5.75 Å². The van der Waals surface area contributed by atoms with Gasteiger partial charge >= 0.3 is 0 Å². The number of nitrogens with one attached hydrogen (secondary N) is 1. The second-order valence-corrected chi connectivity index (χ2v) is 6.42. The van der Waals surface area contributed by atoms with Crippen LogP contribution in [-0.2, 0) is 6.54 Å². The van der Waals surface area contributed by atoms with Crippen LogP contribution in [0.2, 0.25) is 0 Å². The van der Waals surface area contributed by atoms with E-state index in [2.05, 4.69) is 22.3 Å². The van der Waals surface area contributed by atoms with Crippen molar-refractivity contribution in [2.75, 3.05) is 25.0 Å². The van der Waals surface area contributed by atoms with E-state index in [4.69, 9.17) is 4.74 Å². The Morgan fingerprint density at radius 3 is 2.48 bits per heavy atom. The van der Waals surface area contributed by atoms with Crippen molar-refractivity contribution in [3.8, 4) is 5.75 Å². The fourth-order valence-electron chi connectivity index (χ4n) is 3.18. The zero-order valence-electron chi connectivity index (χ0n) is 14.8. The average molecular weight is 338 g/mol. The van der Waals surface area contributed by atoms with Gasteiger partial charge in [0.1, 0.15) is 5.75 Å². The predicted octanol–water partition coefficient (Wildman–Crippen LogP) is 4.32. The number of hydrogen-bond acceptors (Lipinski definition) is 3. The molecule has 0 bridgehead atoms.